The number of rotatable bonds is 5. The minimum Gasteiger partial charge on any atom is -0.324 e. The number of halogens is 2. The molecular formula is C23H22Cl2N4O4. The number of hydrogen-bond donors (Lipinski definition) is 2. The number of nitro groups is 1. The van der Waals surface area contributed by atoms with Gasteiger partial charge in [0.15, 0.2) is 5.78 Å². The van der Waals surface area contributed by atoms with Gasteiger partial charge in [-0.25, -0.2) is 0 Å². The predicted octanol–water partition coefficient (Wildman–Crippen LogP) is 5.70. The Bertz CT molecular complexity index is 1210. The van der Waals surface area contributed by atoms with Gasteiger partial charge in [-0.3, -0.25) is 25.1 Å². The van der Waals surface area contributed by atoms with Crippen molar-refractivity contribution < 1.29 is 14.5 Å². The molecular weight excluding hydrogens is 467 g/mol. The Morgan fingerprint density at radius 1 is 1.09 bits per heavy atom. The summed E-state index contributed by atoms with van der Waals surface area (Å²) in [5.74, 6) is -0.780. The first kappa shape index (κ1) is 23.2. The van der Waals surface area contributed by atoms with E-state index in [4.69, 9.17) is 23.2 Å². The van der Waals surface area contributed by atoms with Gasteiger partial charge >= 0.3 is 0 Å². The van der Waals surface area contributed by atoms with Gasteiger partial charge in [-0.05, 0) is 42.5 Å². The summed E-state index contributed by atoms with van der Waals surface area (Å²) in [6.45, 7) is 5.76. The molecule has 0 heterocycles. The van der Waals surface area contributed by atoms with Crippen molar-refractivity contribution in [1.82, 2.24) is 0 Å². The van der Waals surface area contributed by atoms with Crippen molar-refractivity contribution in [2.45, 2.75) is 33.6 Å². The molecule has 0 saturated heterocycles. The number of Topliss-reactive ketones (excluding diaryl/α,β-unsaturated/α-hetero) is 1. The molecule has 2 aliphatic rings. The highest BCUT2D eigenvalue weighted by Gasteiger charge is 2.76. The third kappa shape index (κ3) is 3.23. The first-order valence-electron chi connectivity index (χ1n) is 10.3. The van der Waals surface area contributed by atoms with Crippen molar-refractivity contribution in [3.8, 4) is 0 Å². The zero-order valence-corrected chi connectivity index (χ0v) is 19.8. The lowest BCUT2D eigenvalue weighted by atomic mass is 9.64. The first-order valence-corrected chi connectivity index (χ1v) is 11.1. The molecule has 4 rings (SSSR count). The van der Waals surface area contributed by atoms with E-state index in [2.05, 4.69) is 15.8 Å². The zero-order chi connectivity index (χ0) is 24.2. The molecule has 2 aromatic carbocycles. The molecule has 0 spiro atoms. The molecule has 10 heteroatoms. The highest BCUT2D eigenvalue weighted by molar-refractivity contribution is 6.51. The minimum atomic E-state index is -1.32. The highest BCUT2D eigenvalue weighted by atomic mass is 35.5. The largest absolute Gasteiger partial charge is 0.324 e. The van der Waals surface area contributed by atoms with E-state index in [1.807, 2.05) is 20.8 Å². The number of amides is 1. The smallest absolute Gasteiger partial charge is 0.269 e. The predicted molar refractivity (Wildman–Crippen MR) is 128 cm³/mol. The summed E-state index contributed by atoms with van der Waals surface area (Å²) in [5.41, 5.74) is 1.22. The van der Waals surface area contributed by atoms with Crippen LogP contribution in [0.5, 0.6) is 0 Å². The summed E-state index contributed by atoms with van der Waals surface area (Å²) in [6, 6.07) is 10.6. The fraction of sp³-hybridized carbons (Fsp3) is 0.348. The maximum absolute atomic E-state index is 13.7. The summed E-state index contributed by atoms with van der Waals surface area (Å²) in [7, 11) is 0. The number of ketones is 1. The quantitative estimate of drug-likeness (QED) is 0.318. The Morgan fingerprint density at radius 2 is 1.76 bits per heavy atom. The molecule has 2 fully saturated rings. The van der Waals surface area contributed by atoms with E-state index in [1.54, 1.807) is 18.2 Å². The van der Waals surface area contributed by atoms with Crippen LogP contribution in [-0.2, 0) is 9.59 Å². The molecule has 2 aromatic rings. The highest BCUT2D eigenvalue weighted by Crippen LogP contribution is 2.69. The third-order valence-electron chi connectivity index (χ3n) is 7.53. The van der Waals surface area contributed by atoms with Crippen molar-refractivity contribution in [3.05, 3.63) is 62.6 Å². The summed E-state index contributed by atoms with van der Waals surface area (Å²) >= 11 is 12.3. The van der Waals surface area contributed by atoms with E-state index in [9.17, 15) is 19.7 Å². The van der Waals surface area contributed by atoms with Crippen LogP contribution in [0.2, 0.25) is 10.0 Å². The number of non-ortho nitro benzene ring substituents is 1. The Hall–Kier alpha value is -2.97. The molecule has 1 amide bonds. The Labute approximate surface area is 200 Å². The molecule has 2 aliphatic carbocycles. The minimum absolute atomic E-state index is 0.0485. The van der Waals surface area contributed by atoms with E-state index in [0.29, 0.717) is 29.2 Å². The van der Waals surface area contributed by atoms with Crippen LogP contribution in [0, 0.1) is 26.4 Å². The van der Waals surface area contributed by atoms with Gasteiger partial charge in [-0.2, -0.15) is 5.10 Å². The lowest BCUT2D eigenvalue weighted by Gasteiger charge is -2.37. The van der Waals surface area contributed by atoms with Crippen LogP contribution in [0.4, 0.5) is 17.1 Å². The first-order chi connectivity index (χ1) is 15.5. The molecule has 0 aliphatic heterocycles. The second-order valence-corrected chi connectivity index (χ2v) is 9.91. The number of nitro benzene ring substituents is 1. The number of carbonyl (C=O) groups excluding carboxylic acids is 2. The van der Waals surface area contributed by atoms with E-state index in [1.165, 1.54) is 24.3 Å². The van der Waals surface area contributed by atoms with Crippen molar-refractivity contribution in [2.75, 3.05) is 10.7 Å². The van der Waals surface area contributed by atoms with E-state index in [-0.39, 0.29) is 22.2 Å². The topological polar surface area (TPSA) is 114 Å². The van der Waals surface area contributed by atoms with Gasteiger partial charge in [0.05, 0.1) is 26.3 Å². The van der Waals surface area contributed by atoms with E-state index < -0.39 is 27.1 Å². The number of nitrogens with one attached hydrogen (secondary N) is 2. The second kappa shape index (κ2) is 7.81. The summed E-state index contributed by atoms with van der Waals surface area (Å²) in [4.78, 5) is 37.6. The van der Waals surface area contributed by atoms with Gasteiger partial charge in [0.1, 0.15) is 11.1 Å². The Kier molecular flexibility index (Phi) is 5.49. The average Bonchev–Trinajstić information content (AvgIpc) is 3.05. The fourth-order valence-corrected chi connectivity index (χ4v) is 5.43. The van der Waals surface area contributed by atoms with Crippen molar-refractivity contribution in [3.63, 3.8) is 0 Å². The molecule has 172 valence electrons. The van der Waals surface area contributed by atoms with Gasteiger partial charge in [-0.15, -0.1) is 0 Å². The van der Waals surface area contributed by atoms with Crippen molar-refractivity contribution in [1.29, 1.82) is 0 Å². The third-order valence-corrected chi connectivity index (χ3v) is 8.35. The Morgan fingerprint density at radius 3 is 2.39 bits per heavy atom. The van der Waals surface area contributed by atoms with Gasteiger partial charge < -0.3 is 5.32 Å². The molecule has 2 bridgehead atoms. The number of hydrazone groups is 1. The van der Waals surface area contributed by atoms with Crippen LogP contribution >= 0.6 is 23.2 Å². The average molecular weight is 489 g/mol. The van der Waals surface area contributed by atoms with Crippen LogP contribution in [0.1, 0.15) is 33.6 Å². The lowest BCUT2D eigenvalue weighted by Crippen LogP contribution is -2.47. The normalized spacial score (nSPS) is 26.5. The van der Waals surface area contributed by atoms with Crippen LogP contribution in [0.15, 0.2) is 47.6 Å². The molecule has 0 radical (unpaired) electrons. The molecule has 2 unspecified atom stereocenters. The summed E-state index contributed by atoms with van der Waals surface area (Å²) in [5, 5.41) is 18.6. The molecule has 33 heavy (non-hydrogen) atoms. The summed E-state index contributed by atoms with van der Waals surface area (Å²) < 4.78 is 0. The molecule has 2 atom stereocenters. The molecule has 2 N–H and O–H groups in total. The van der Waals surface area contributed by atoms with Crippen LogP contribution < -0.4 is 10.7 Å². The number of anilines is 2. The number of benzene rings is 2. The van der Waals surface area contributed by atoms with Gasteiger partial charge in [0.2, 0.25) is 5.91 Å². The van der Waals surface area contributed by atoms with Crippen LogP contribution in [0.3, 0.4) is 0 Å². The van der Waals surface area contributed by atoms with Gasteiger partial charge in [-0.1, -0.05) is 50.0 Å². The maximum Gasteiger partial charge on any atom is 0.269 e. The van der Waals surface area contributed by atoms with Crippen LogP contribution in [0.25, 0.3) is 0 Å². The monoisotopic (exact) mass is 488 g/mol. The van der Waals surface area contributed by atoms with Gasteiger partial charge in [0.25, 0.3) is 5.69 Å². The summed E-state index contributed by atoms with van der Waals surface area (Å²) in [6.07, 6.45) is 0.985. The van der Waals surface area contributed by atoms with Crippen LogP contribution in [-0.4, -0.2) is 22.3 Å². The Balaban J connectivity index is 1.67. The maximum atomic E-state index is 13.7. The van der Waals surface area contributed by atoms with E-state index in [0.717, 1.165) is 0 Å². The molecule has 8 nitrogen and oxygen atoms in total. The SMILES string of the molecule is CC12CCC(C(=O)Nc3cccc(Cl)c3Cl)(C(=O)C1=NNc1ccc([N+](=O)[O-])cc1)C2(C)C. The number of hydrogen-bond acceptors (Lipinski definition) is 6. The standard InChI is InChI=1S/C23H22Cl2N4O4/c1-21(2)22(3)11-12-23(21,20(31)26-16-6-4-5-15(24)17(16)25)19(30)18(22)28-27-13-7-9-14(10-8-13)29(32)33/h4-10,27H,11-12H2,1-3H3,(H,26,31). The second-order valence-electron chi connectivity index (χ2n) is 9.12. The molecule has 0 aromatic heterocycles. The number of fused-ring (bicyclic) bond motifs is 2. The lowest BCUT2D eigenvalue weighted by molar-refractivity contribution is -0.384. The van der Waals surface area contributed by atoms with E-state index >= 15 is 0 Å². The fourth-order valence-electron chi connectivity index (χ4n) is 5.08. The number of nitrogens with zero attached hydrogens (tertiary/aromatic N) is 2. The zero-order valence-electron chi connectivity index (χ0n) is 18.2. The van der Waals surface area contributed by atoms with Crippen molar-refractivity contribution in [2.24, 2.45) is 21.3 Å². The number of carbonyl (C=O) groups is 2. The van der Waals surface area contributed by atoms with Crippen molar-refractivity contribution >= 4 is 57.7 Å². The molecule has 2 saturated carbocycles. The van der Waals surface area contributed by atoms with Gasteiger partial charge in [0, 0.05) is 17.5 Å².